The maximum Gasteiger partial charge on any atom is 0.416 e. The topological polar surface area (TPSA) is 29.3 Å². The van der Waals surface area contributed by atoms with Gasteiger partial charge in [0.05, 0.1) is 5.56 Å². The van der Waals surface area contributed by atoms with E-state index in [4.69, 9.17) is 5.73 Å². The Hall–Kier alpha value is -2.01. The number of alkyl halides is 3. The van der Waals surface area contributed by atoms with Crippen molar-refractivity contribution in [3.63, 3.8) is 0 Å². The SMILES string of the molecule is Cc1ccc(N(C)c2ccc(C(F)(F)F)c(CN)c2)cc1. The van der Waals surface area contributed by atoms with Crippen molar-refractivity contribution < 1.29 is 13.2 Å². The summed E-state index contributed by atoms with van der Waals surface area (Å²) in [5.74, 6) is 0. The maximum absolute atomic E-state index is 12.9. The second kappa shape index (κ2) is 5.77. The van der Waals surface area contributed by atoms with Crippen molar-refractivity contribution in [3.8, 4) is 0 Å². The zero-order chi connectivity index (χ0) is 15.6. The van der Waals surface area contributed by atoms with Crippen LogP contribution in [-0.4, -0.2) is 7.05 Å². The first kappa shape index (κ1) is 15.4. The third-order valence-corrected chi connectivity index (χ3v) is 3.42. The summed E-state index contributed by atoms with van der Waals surface area (Å²) in [6.07, 6.45) is -4.38. The molecule has 2 aromatic rings. The van der Waals surface area contributed by atoms with Crippen LogP contribution in [-0.2, 0) is 12.7 Å². The summed E-state index contributed by atoms with van der Waals surface area (Å²) in [7, 11) is 1.81. The van der Waals surface area contributed by atoms with Gasteiger partial charge in [-0.2, -0.15) is 13.2 Å². The van der Waals surface area contributed by atoms with Crippen molar-refractivity contribution in [1.29, 1.82) is 0 Å². The highest BCUT2D eigenvalue weighted by molar-refractivity contribution is 5.64. The first-order valence-electron chi connectivity index (χ1n) is 6.53. The number of aryl methyl sites for hydroxylation is 1. The van der Waals surface area contributed by atoms with Crippen molar-refractivity contribution in [2.24, 2.45) is 5.73 Å². The Morgan fingerprint density at radius 2 is 1.57 bits per heavy atom. The molecule has 0 fully saturated rings. The summed E-state index contributed by atoms with van der Waals surface area (Å²) >= 11 is 0. The summed E-state index contributed by atoms with van der Waals surface area (Å²) < 4.78 is 38.6. The van der Waals surface area contributed by atoms with Gasteiger partial charge in [0.1, 0.15) is 0 Å². The van der Waals surface area contributed by atoms with Crippen LogP contribution in [0.4, 0.5) is 24.5 Å². The van der Waals surface area contributed by atoms with Crippen molar-refractivity contribution in [2.45, 2.75) is 19.6 Å². The molecule has 0 aliphatic heterocycles. The van der Waals surface area contributed by atoms with Crippen LogP contribution in [0.5, 0.6) is 0 Å². The minimum atomic E-state index is -4.38. The summed E-state index contributed by atoms with van der Waals surface area (Å²) in [5, 5.41) is 0. The second-order valence-electron chi connectivity index (χ2n) is 4.94. The molecule has 0 radical (unpaired) electrons. The number of hydrogen-bond acceptors (Lipinski definition) is 2. The minimum Gasteiger partial charge on any atom is -0.345 e. The molecule has 0 bridgehead atoms. The van der Waals surface area contributed by atoms with Gasteiger partial charge in [-0.25, -0.2) is 0 Å². The predicted octanol–water partition coefficient (Wildman–Crippen LogP) is 4.24. The maximum atomic E-state index is 12.9. The lowest BCUT2D eigenvalue weighted by atomic mass is 10.1. The van der Waals surface area contributed by atoms with E-state index in [1.807, 2.05) is 43.1 Å². The first-order chi connectivity index (χ1) is 9.82. The molecule has 2 nitrogen and oxygen atoms in total. The van der Waals surface area contributed by atoms with E-state index in [1.54, 1.807) is 0 Å². The van der Waals surface area contributed by atoms with E-state index in [9.17, 15) is 13.2 Å². The van der Waals surface area contributed by atoms with Crippen molar-refractivity contribution in [3.05, 3.63) is 59.2 Å². The van der Waals surface area contributed by atoms with Gasteiger partial charge in [-0.05, 0) is 42.8 Å². The van der Waals surface area contributed by atoms with E-state index < -0.39 is 11.7 Å². The van der Waals surface area contributed by atoms with E-state index in [0.29, 0.717) is 5.69 Å². The van der Waals surface area contributed by atoms with Crippen LogP contribution in [0.1, 0.15) is 16.7 Å². The zero-order valence-corrected chi connectivity index (χ0v) is 11.9. The number of nitrogens with two attached hydrogens (primary N) is 1. The van der Waals surface area contributed by atoms with Crippen LogP contribution >= 0.6 is 0 Å². The molecule has 5 heteroatoms. The fraction of sp³-hybridized carbons (Fsp3) is 0.250. The molecule has 2 rings (SSSR count). The fourth-order valence-corrected chi connectivity index (χ4v) is 2.15. The molecule has 2 aromatic carbocycles. The molecule has 2 N–H and O–H groups in total. The molecule has 0 saturated heterocycles. The average Bonchev–Trinajstić information content (AvgIpc) is 2.45. The lowest BCUT2D eigenvalue weighted by Crippen LogP contribution is -2.15. The number of anilines is 2. The molecular weight excluding hydrogens is 277 g/mol. The molecule has 0 unspecified atom stereocenters. The van der Waals surface area contributed by atoms with Gasteiger partial charge in [0, 0.05) is 25.0 Å². The highest BCUT2D eigenvalue weighted by Crippen LogP contribution is 2.35. The first-order valence-corrected chi connectivity index (χ1v) is 6.53. The second-order valence-corrected chi connectivity index (χ2v) is 4.94. The van der Waals surface area contributed by atoms with Gasteiger partial charge in [0.15, 0.2) is 0 Å². The van der Waals surface area contributed by atoms with Gasteiger partial charge in [-0.1, -0.05) is 17.7 Å². The van der Waals surface area contributed by atoms with Crippen LogP contribution in [0.3, 0.4) is 0 Å². The standard InChI is InChI=1S/C16H17F3N2/c1-11-3-5-13(6-4-11)21(2)14-7-8-15(16(17,18)19)12(9-14)10-20/h3-9H,10,20H2,1-2H3. The summed E-state index contributed by atoms with van der Waals surface area (Å²) in [4.78, 5) is 1.83. The van der Waals surface area contributed by atoms with E-state index in [1.165, 1.54) is 12.1 Å². The third-order valence-electron chi connectivity index (χ3n) is 3.42. The minimum absolute atomic E-state index is 0.0963. The zero-order valence-electron chi connectivity index (χ0n) is 11.9. The average molecular weight is 294 g/mol. The lowest BCUT2D eigenvalue weighted by molar-refractivity contribution is -0.138. The van der Waals surface area contributed by atoms with E-state index in [2.05, 4.69) is 0 Å². The molecule has 0 amide bonds. The van der Waals surface area contributed by atoms with E-state index in [-0.39, 0.29) is 12.1 Å². The van der Waals surface area contributed by atoms with Crippen LogP contribution in [0.2, 0.25) is 0 Å². The smallest absolute Gasteiger partial charge is 0.345 e. The molecule has 21 heavy (non-hydrogen) atoms. The van der Waals surface area contributed by atoms with Crippen molar-refractivity contribution >= 4 is 11.4 Å². The fourth-order valence-electron chi connectivity index (χ4n) is 2.15. The monoisotopic (exact) mass is 294 g/mol. The Labute approximate surface area is 122 Å². The van der Waals surface area contributed by atoms with Gasteiger partial charge in [-0.3, -0.25) is 0 Å². The summed E-state index contributed by atoms with van der Waals surface area (Å²) in [5.41, 5.74) is 7.58. The predicted molar refractivity (Wildman–Crippen MR) is 78.6 cm³/mol. The highest BCUT2D eigenvalue weighted by atomic mass is 19.4. The Kier molecular flexibility index (Phi) is 4.23. The van der Waals surface area contributed by atoms with Crippen molar-refractivity contribution in [2.75, 3.05) is 11.9 Å². The summed E-state index contributed by atoms with van der Waals surface area (Å²) in [6, 6.07) is 11.8. The lowest BCUT2D eigenvalue weighted by Gasteiger charge is -2.22. The van der Waals surface area contributed by atoms with Gasteiger partial charge >= 0.3 is 6.18 Å². The Morgan fingerprint density at radius 3 is 2.10 bits per heavy atom. The molecule has 0 spiro atoms. The van der Waals surface area contributed by atoms with Crippen LogP contribution < -0.4 is 10.6 Å². The quantitative estimate of drug-likeness (QED) is 0.917. The van der Waals surface area contributed by atoms with Gasteiger partial charge < -0.3 is 10.6 Å². The molecule has 0 aliphatic carbocycles. The van der Waals surface area contributed by atoms with Crippen LogP contribution in [0, 0.1) is 6.92 Å². The Morgan fingerprint density at radius 1 is 1.00 bits per heavy atom. The number of hydrogen-bond donors (Lipinski definition) is 1. The molecule has 112 valence electrons. The molecule has 0 aliphatic rings. The summed E-state index contributed by atoms with van der Waals surface area (Å²) in [6.45, 7) is 1.83. The van der Waals surface area contributed by atoms with Crippen LogP contribution in [0.25, 0.3) is 0 Å². The number of halogens is 3. The van der Waals surface area contributed by atoms with E-state index >= 15 is 0 Å². The molecule has 0 heterocycles. The van der Waals surface area contributed by atoms with Crippen LogP contribution in [0.15, 0.2) is 42.5 Å². The molecule has 0 aromatic heterocycles. The molecular formula is C16H17F3N2. The highest BCUT2D eigenvalue weighted by Gasteiger charge is 2.33. The Bertz CT molecular complexity index is 618. The van der Waals surface area contributed by atoms with E-state index in [0.717, 1.165) is 17.3 Å². The van der Waals surface area contributed by atoms with Crippen molar-refractivity contribution in [1.82, 2.24) is 0 Å². The third kappa shape index (κ3) is 3.36. The molecule has 0 atom stereocenters. The number of benzene rings is 2. The van der Waals surface area contributed by atoms with Gasteiger partial charge in [-0.15, -0.1) is 0 Å². The number of rotatable bonds is 3. The number of nitrogens with zero attached hydrogens (tertiary/aromatic N) is 1. The van der Waals surface area contributed by atoms with Gasteiger partial charge in [0.2, 0.25) is 0 Å². The Balaban J connectivity index is 2.38. The largest absolute Gasteiger partial charge is 0.416 e. The molecule has 0 saturated carbocycles. The van der Waals surface area contributed by atoms with Gasteiger partial charge in [0.25, 0.3) is 0 Å². The normalized spacial score (nSPS) is 11.5.